The third kappa shape index (κ3) is 12.1. The third-order valence-electron chi connectivity index (χ3n) is 5.11. The van der Waals surface area contributed by atoms with Crippen molar-refractivity contribution in [2.24, 2.45) is 34.0 Å². The Hall–Kier alpha value is -2.89. The lowest BCUT2D eigenvalue weighted by molar-refractivity contribution is -0.144. The maximum Gasteiger partial charge on any atom is 0.326 e. The second-order valence-corrected chi connectivity index (χ2v) is 8.70. The Balaban J connectivity index is 5.52. The summed E-state index contributed by atoms with van der Waals surface area (Å²) in [5.74, 6) is -3.19. The molecule has 12 nitrogen and oxygen atoms in total. The molecule has 0 saturated carbocycles. The largest absolute Gasteiger partial charge is 0.480 e. The van der Waals surface area contributed by atoms with Gasteiger partial charge in [0, 0.05) is 6.54 Å². The molecule has 33 heavy (non-hydrogen) atoms. The van der Waals surface area contributed by atoms with Crippen molar-refractivity contribution in [2.45, 2.75) is 84.5 Å². The molecular formula is C21H41N7O5. The summed E-state index contributed by atoms with van der Waals surface area (Å²) in [6.45, 7) is 9.05. The zero-order valence-electron chi connectivity index (χ0n) is 20.3. The third-order valence-corrected chi connectivity index (χ3v) is 5.11. The van der Waals surface area contributed by atoms with Gasteiger partial charge in [-0.25, -0.2) is 4.79 Å². The lowest BCUT2D eigenvalue weighted by Gasteiger charge is -2.27. The smallest absolute Gasteiger partial charge is 0.326 e. The second-order valence-electron chi connectivity index (χ2n) is 8.70. The molecule has 0 rings (SSSR count). The summed E-state index contributed by atoms with van der Waals surface area (Å²) in [5, 5.41) is 17.2. The van der Waals surface area contributed by atoms with E-state index >= 15 is 0 Å². The van der Waals surface area contributed by atoms with Crippen LogP contribution in [0.3, 0.4) is 0 Å². The van der Waals surface area contributed by atoms with Gasteiger partial charge in [-0.2, -0.15) is 0 Å². The quantitative estimate of drug-likeness (QED) is 0.0892. The normalized spacial score (nSPS) is 15.5. The molecule has 0 aliphatic heterocycles. The van der Waals surface area contributed by atoms with E-state index < -0.39 is 47.9 Å². The van der Waals surface area contributed by atoms with Gasteiger partial charge < -0.3 is 38.3 Å². The summed E-state index contributed by atoms with van der Waals surface area (Å²) in [6, 6.07) is -3.86. The number of carbonyl (C=O) groups excluding carboxylic acids is 3. The topological polar surface area (TPSA) is 215 Å². The number of carboxylic acids is 1. The molecule has 0 aromatic heterocycles. The number of amides is 3. The maximum absolute atomic E-state index is 13.0. The van der Waals surface area contributed by atoms with Crippen molar-refractivity contribution in [1.29, 1.82) is 0 Å². The van der Waals surface area contributed by atoms with Crippen LogP contribution in [0.1, 0.15) is 60.3 Å². The Kier molecular flexibility index (Phi) is 13.7. The van der Waals surface area contributed by atoms with Gasteiger partial charge in [0.1, 0.15) is 18.1 Å². The summed E-state index contributed by atoms with van der Waals surface area (Å²) in [6.07, 6.45) is 1.44. The standard InChI is InChI=1S/C21H41N7O5/c1-6-12(4)16(20(32)33)28-19(31)15(10-11(2)3)27-18(30)14(26-17(29)13(5)22)8-7-9-25-21(23)24/h11-16H,6-10,22H2,1-5H3,(H,26,29)(H,27,30)(H,28,31)(H,32,33)(H4,23,24,25)/t12-,13-,14-,15-,16-/m0/s1. The number of carbonyl (C=O) groups is 4. The number of carboxylic acid groups (broad SMARTS) is 1. The van der Waals surface area contributed by atoms with Gasteiger partial charge in [0.2, 0.25) is 17.7 Å². The molecule has 0 aromatic rings. The SMILES string of the molecule is CC[C@H](C)[C@H](NC(=O)[C@H](CC(C)C)NC(=O)[C@H](CCCN=C(N)N)NC(=O)[C@H](C)N)C(=O)O. The number of aliphatic carboxylic acids is 1. The molecule has 0 aliphatic rings. The molecule has 5 atom stereocenters. The molecule has 0 aliphatic carbocycles. The summed E-state index contributed by atoms with van der Waals surface area (Å²) >= 11 is 0. The van der Waals surface area contributed by atoms with E-state index in [-0.39, 0.29) is 37.2 Å². The van der Waals surface area contributed by atoms with Crippen LogP contribution in [-0.4, -0.2) is 65.5 Å². The van der Waals surface area contributed by atoms with Gasteiger partial charge in [0.25, 0.3) is 0 Å². The second kappa shape index (κ2) is 15.0. The van der Waals surface area contributed by atoms with E-state index in [2.05, 4.69) is 20.9 Å². The van der Waals surface area contributed by atoms with E-state index in [0.29, 0.717) is 12.8 Å². The molecule has 0 unspecified atom stereocenters. The van der Waals surface area contributed by atoms with Crippen LogP contribution in [0.2, 0.25) is 0 Å². The molecule has 0 spiro atoms. The predicted molar refractivity (Wildman–Crippen MR) is 126 cm³/mol. The van der Waals surface area contributed by atoms with Crippen molar-refractivity contribution in [3.8, 4) is 0 Å². The van der Waals surface area contributed by atoms with Gasteiger partial charge in [-0.3, -0.25) is 19.4 Å². The number of aliphatic imine (C=N–C) groups is 1. The van der Waals surface area contributed by atoms with E-state index in [1.807, 2.05) is 20.8 Å². The zero-order valence-corrected chi connectivity index (χ0v) is 20.3. The van der Waals surface area contributed by atoms with Crippen LogP contribution in [0, 0.1) is 11.8 Å². The first-order chi connectivity index (χ1) is 15.3. The lowest BCUT2D eigenvalue weighted by atomic mass is 9.97. The first-order valence-corrected chi connectivity index (χ1v) is 11.2. The summed E-state index contributed by atoms with van der Waals surface area (Å²) < 4.78 is 0. The monoisotopic (exact) mass is 471 g/mol. The zero-order chi connectivity index (χ0) is 25.7. The Labute approximate surface area is 195 Å². The molecule has 0 saturated heterocycles. The van der Waals surface area contributed by atoms with E-state index in [1.54, 1.807) is 6.92 Å². The summed E-state index contributed by atoms with van der Waals surface area (Å²) in [4.78, 5) is 53.4. The van der Waals surface area contributed by atoms with Crippen LogP contribution in [0.15, 0.2) is 4.99 Å². The van der Waals surface area contributed by atoms with Gasteiger partial charge in [-0.1, -0.05) is 34.1 Å². The number of hydrogen-bond donors (Lipinski definition) is 7. The molecule has 12 heteroatoms. The number of nitrogens with two attached hydrogens (primary N) is 3. The summed E-state index contributed by atoms with van der Waals surface area (Å²) in [7, 11) is 0. The number of nitrogens with zero attached hydrogens (tertiary/aromatic N) is 1. The Bertz CT molecular complexity index is 692. The molecule has 3 amide bonds. The fourth-order valence-corrected chi connectivity index (χ4v) is 2.99. The van der Waals surface area contributed by atoms with E-state index in [0.717, 1.165) is 0 Å². The molecule has 0 heterocycles. The molecule has 0 fully saturated rings. The average molecular weight is 472 g/mol. The number of rotatable bonds is 15. The van der Waals surface area contributed by atoms with Crippen molar-refractivity contribution < 1.29 is 24.3 Å². The minimum atomic E-state index is -1.14. The molecule has 190 valence electrons. The number of guanidine groups is 1. The van der Waals surface area contributed by atoms with Crippen molar-refractivity contribution in [3.05, 3.63) is 0 Å². The highest BCUT2D eigenvalue weighted by molar-refractivity contribution is 5.94. The van der Waals surface area contributed by atoms with Gasteiger partial charge in [0.15, 0.2) is 5.96 Å². The first kappa shape index (κ1) is 30.1. The minimum Gasteiger partial charge on any atom is -0.480 e. The van der Waals surface area contributed by atoms with Gasteiger partial charge in [0.05, 0.1) is 6.04 Å². The molecule has 0 bridgehead atoms. The van der Waals surface area contributed by atoms with Crippen LogP contribution in [0.25, 0.3) is 0 Å². The van der Waals surface area contributed by atoms with Crippen LogP contribution in [0.5, 0.6) is 0 Å². The highest BCUT2D eigenvalue weighted by Crippen LogP contribution is 2.11. The van der Waals surface area contributed by atoms with Crippen molar-refractivity contribution >= 4 is 29.7 Å². The Morgan fingerprint density at radius 3 is 1.91 bits per heavy atom. The van der Waals surface area contributed by atoms with Gasteiger partial charge in [-0.05, 0) is 38.0 Å². The number of nitrogens with one attached hydrogen (secondary N) is 3. The van der Waals surface area contributed by atoms with Gasteiger partial charge in [-0.15, -0.1) is 0 Å². The van der Waals surface area contributed by atoms with Crippen LogP contribution >= 0.6 is 0 Å². The fourth-order valence-electron chi connectivity index (χ4n) is 2.99. The highest BCUT2D eigenvalue weighted by atomic mass is 16.4. The van der Waals surface area contributed by atoms with Gasteiger partial charge >= 0.3 is 5.97 Å². The van der Waals surface area contributed by atoms with E-state index in [9.17, 15) is 24.3 Å². The van der Waals surface area contributed by atoms with Crippen molar-refractivity contribution in [3.63, 3.8) is 0 Å². The highest BCUT2D eigenvalue weighted by Gasteiger charge is 2.31. The van der Waals surface area contributed by atoms with Crippen LogP contribution in [-0.2, 0) is 19.2 Å². The number of hydrogen-bond acceptors (Lipinski definition) is 6. The molecule has 0 radical (unpaired) electrons. The predicted octanol–water partition coefficient (Wildman–Crippen LogP) is -0.982. The van der Waals surface area contributed by atoms with Crippen molar-refractivity contribution in [2.75, 3.05) is 6.54 Å². The van der Waals surface area contributed by atoms with E-state index in [4.69, 9.17) is 17.2 Å². The van der Waals surface area contributed by atoms with Crippen LogP contribution < -0.4 is 33.2 Å². The summed E-state index contributed by atoms with van der Waals surface area (Å²) in [5.41, 5.74) is 16.2. The Morgan fingerprint density at radius 2 is 1.45 bits per heavy atom. The van der Waals surface area contributed by atoms with E-state index in [1.165, 1.54) is 6.92 Å². The molecule has 0 aromatic carbocycles. The average Bonchev–Trinajstić information content (AvgIpc) is 2.71. The maximum atomic E-state index is 13.0. The Morgan fingerprint density at radius 1 is 0.909 bits per heavy atom. The fraction of sp³-hybridized carbons (Fsp3) is 0.762. The first-order valence-electron chi connectivity index (χ1n) is 11.2. The minimum absolute atomic E-state index is 0.0342. The molecule has 10 N–H and O–H groups in total. The van der Waals surface area contributed by atoms with Crippen LogP contribution in [0.4, 0.5) is 0 Å². The van der Waals surface area contributed by atoms with Crippen molar-refractivity contribution in [1.82, 2.24) is 16.0 Å². The lowest BCUT2D eigenvalue weighted by Crippen LogP contribution is -2.57. The molecular weight excluding hydrogens is 430 g/mol.